The Morgan fingerprint density at radius 3 is 2.22 bits per heavy atom. The molecule has 1 saturated carbocycles. The Hall–Kier alpha value is -1.42. The molecule has 4 heteroatoms. The summed E-state index contributed by atoms with van der Waals surface area (Å²) in [6, 6.07) is 5.50. The van der Waals surface area contributed by atoms with E-state index < -0.39 is 6.10 Å². The van der Waals surface area contributed by atoms with Gasteiger partial charge in [0.15, 0.2) is 11.5 Å². The second-order valence-corrected chi connectivity index (χ2v) is 4.50. The Labute approximate surface area is 107 Å². The summed E-state index contributed by atoms with van der Waals surface area (Å²) in [6.45, 7) is 0. The number of hydrogen-bond acceptors (Lipinski definition) is 4. The molecule has 2 unspecified atom stereocenters. The first-order chi connectivity index (χ1) is 8.76. The van der Waals surface area contributed by atoms with Gasteiger partial charge >= 0.3 is 0 Å². The third kappa shape index (κ3) is 2.70. The van der Waals surface area contributed by atoms with E-state index in [1.807, 2.05) is 18.2 Å². The molecule has 1 aromatic carbocycles. The topological polar surface area (TPSA) is 47.9 Å². The minimum absolute atomic E-state index is 0.177. The van der Waals surface area contributed by atoms with Crippen LogP contribution in [0.25, 0.3) is 0 Å². The summed E-state index contributed by atoms with van der Waals surface area (Å²) in [5.74, 6) is 1.84. The molecule has 0 bridgehead atoms. The third-order valence-electron chi connectivity index (χ3n) is 3.32. The van der Waals surface area contributed by atoms with Crippen LogP contribution >= 0.6 is 0 Å². The van der Waals surface area contributed by atoms with Gasteiger partial charge in [-0.3, -0.25) is 0 Å². The van der Waals surface area contributed by atoms with Crippen LogP contribution in [0.1, 0.15) is 25.7 Å². The molecule has 0 saturated heterocycles. The van der Waals surface area contributed by atoms with Crippen molar-refractivity contribution in [2.45, 2.75) is 37.9 Å². The monoisotopic (exact) mass is 252 g/mol. The smallest absolute Gasteiger partial charge is 0.203 e. The Kier molecular flexibility index (Phi) is 4.31. The van der Waals surface area contributed by atoms with E-state index in [2.05, 4.69) is 0 Å². The molecule has 1 N–H and O–H groups in total. The van der Waals surface area contributed by atoms with E-state index in [9.17, 15) is 5.11 Å². The van der Waals surface area contributed by atoms with Crippen molar-refractivity contribution in [3.8, 4) is 17.2 Å². The highest BCUT2D eigenvalue weighted by molar-refractivity contribution is 5.51. The van der Waals surface area contributed by atoms with Crippen LogP contribution in [0.3, 0.4) is 0 Å². The van der Waals surface area contributed by atoms with Crippen molar-refractivity contribution in [1.29, 1.82) is 0 Å². The van der Waals surface area contributed by atoms with Crippen molar-refractivity contribution in [3.05, 3.63) is 18.2 Å². The molecule has 18 heavy (non-hydrogen) atoms. The fourth-order valence-corrected chi connectivity index (χ4v) is 2.30. The predicted octanol–water partition coefficient (Wildman–Crippen LogP) is 2.39. The summed E-state index contributed by atoms with van der Waals surface area (Å²) >= 11 is 0. The van der Waals surface area contributed by atoms with Crippen LogP contribution < -0.4 is 14.2 Å². The molecule has 1 aliphatic carbocycles. The van der Waals surface area contributed by atoms with E-state index in [1.54, 1.807) is 14.2 Å². The number of ether oxygens (including phenoxy) is 3. The summed E-state index contributed by atoms with van der Waals surface area (Å²) < 4.78 is 16.5. The quantitative estimate of drug-likeness (QED) is 0.893. The lowest BCUT2D eigenvalue weighted by Crippen LogP contribution is -2.34. The first-order valence-corrected chi connectivity index (χ1v) is 6.32. The summed E-state index contributed by atoms with van der Waals surface area (Å²) in [6.07, 6.45) is 3.21. The predicted molar refractivity (Wildman–Crippen MR) is 68.4 cm³/mol. The van der Waals surface area contributed by atoms with Gasteiger partial charge in [0.05, 0.1) is 20.3 Å². The molecule has 1 aliphatic rings. The molecule has 1 fully saturated rings. The fraction of sp³-hybridized carbons (Fsp3) is 0.571. The molecule has 0 radical (unpaired) electrons. The molecule has 2 atom stereocenters. The van der Waals surface area contributed by atoms with Gasteiger partial charge in [-0.15, -0.1) is 0 Å². The molecule has 0 spiro atoms. The van der Waals surface area contributed by atoms with Gasteiger partial charge in [0, 0.05) is 0 Å². The van der Waals surface area contributed by atoms with E-state index in [0.29, 0.717) is 17.2 Å². The summed E-state index contributed by atoms with van der Waals surface area (Å²) in [4.78, 5) is 0. The van der Waals surface area contributed by atoms with Crippen molar-refractivity contribution >= 4 is 0 Å². The van der Waals surface area contributed by atoms with Crippen molar-refractivity contribution in [2.75, 3.05) is 14.2 Å². The largest absolute Gasteiger partial charge is 0.493 e. The third-order valence-corrected chi connectivity index (χ3v) is 3.32. The first-order valence-electron chi connectivity index (χ1n) is 6.32. The van der Waals surface area contributed by atoms with Crippen LogP contribution in [-0.2, 0) is 0 Å². The first kappa shape index (κ1) is 13.0. The van der Waals surface area contributed by atoms with Gasteiger partial charge < -0.3 is 19.3 Å². The lowest BCUT2D eigenvalue weighted by Gasteiger charge is -2.29. The van der Waals surface area contributed by atoms with E-state index in [-0.39, 0.29) is 6.10 Å². The molecule has 1 aromatic rings. The number of methoxy groups -OCH3 is 2. The SMILES string of the molecule is COc1cccc(OC)c1OC1CCCCC1O. The average Bonchev–Trinajstić information content (AvgIpc) is 2.41. The maximum Gasteiger partial charge on any atom is 0.203 e. The lowest BCUT2D eigenvalue weighted by molar-refractivity contribution is 0.00444. The minimum Gasteiger partial charge on any atom is -0.493 e. The number of benzene rings is 1. The van der Waals surface area contributed by atoms with Gasteiger partial charge in [0.25, 0.3) is 0 Å². The van der Waals surface area contributed by atoms with E-state index in [4.69, 9.17) is 14.2 Å². The highest BCUT2D eigenvalue weighted by Crippen LogP contribution is 2.39. The van der Waals surface area contributed by atoms with E-state index in [0.717, 1.165) is 25.7 Å². The van der Waals surface area contributed by atoms with Gasteiger partial charge in [-0.2, -0.15) is 0 Å². The number of para-hydroxylation sites is 1. The molecular formula is C14H20O4. The van der Waals surface area contributed by atoms with Gasteiger partial charge in [-0.05, 0) is 31.4 Å². The number of rotatable bonds is 4. The molecule has 0 heterocycles. The summed E-state index contributed by atoms with van der Waals surface area (Å²) in [7, 11) is 3.19. The van der Waals surface area contributed by atoms with Crippen molar-refractivity contribution in [2.24, 2.45) is 0 Å². The highest BCUT2D eigenvalue weighted by Gasteiger charge is 2.26. The number of aliphatic hydroxyl groups is 1. The molecule has 0 amide bonds. The minimum atomic E-state index is -0.409. The second kappa shape index (κ2) is 5.96. The summed E-state index contributed by atoms with van der Waals surface area (Å²) in [5.41, 5.74) is 0. The average molecular weight is 252 g/mol. The normalized spacial score (nSPS) is 23.5. The van der Waals surface area contributed by atoms with E-state index in [1.165, 1.54) is 0 Å². The van der Waals surface area contributed by atoms with Crippen LogP contribution in [0, 0.1) is 0 Å². The van der Waals surface area contributed by atoms with Crippen molar-refractivity contribution in [1.82, 2.24) is 0 Å². The number of aliphatic hydroxyl groups excluding tert-OH is 1. The van der Waals surface area contributed by atoms with Gasteiger partial charge in [0.2, 0.25) is 5.75 Å². The molecular weight excluding hydrogens is 232 g/mol. The van der Waals surface area contributed by atoms with Gasteiger partial charge in [0.1, 0.15) is 6.10 Å². The Bertz CT molecular complexity index is 369. The Morgan fingerprint density at radius 1 is 1.06 bits per heavy atom. The zero-order valence-electron chi connectivity index (χ0n) is 10.9. The second-order valence-electron chi connectivity index (χ2n) is 4.50. The van der Waals surface area contributed by atoms with Crippen LogP contribution in [0.15, 0.2) is 18.2 Å². The zero-order chi connectivity index (χ0) is 13.0. The van der Waals surface area contributed by atoms with Crippen molar-refractivity contribution < 1.29 is 19.3 Å². The van der Waals surface area contributed by atoms with Crippen LogP contribution in [0.5, 0.6) is 17.2 Å². The molecule has 2 rings (SSSR count). The molecule has 100 valence electrons. The Morgan fingerprint density at radius 2 is 1.67 bits per heavy atom. The maximum atomic E-state index is 9.95. The summed E-state index contributed by atoms with van der Waals surface area (Å²) in [5, 5.41) is 9.95. The van der Waals surface area contributed by atoms with Crippen LogP contribution in [0.2, 0.25) is 0 Å². The molecule has 0 aliphatic heterocycles. The Balaban J connectivity index is 2.21. The zero-order valence-corrected chi connectivity index (χ0v) is 10.9. The number of hydrogen-bond donors (Lipinski definition) is 1. The van der Waals surface area contributed by atoms with E-state index >= 15 is 0 Å². The van der Waals surface area contributed by atoms with Crippen LogP contribution in [-0.4, -0.2) is 31.5 Å². The molecule has 0 aromatic heterocycles. The fourth-order valence-electron chi connectivity index (χ4n) is 2.30. The molecule has 4 nitrogen and oxygen atoms in total. The highest BCUT2D eigenvalue weighted by atomic mass is 16.5. The lowest BCUT2D eigenvalue weighted by atomic mass is 9.95. The van der Waals surface area contributed by atoms with Crippen LogP contribution in [0.4, 0.5) is 0 Å². The van der Waals surface area contributed by atoms with Gasteiger partial charge in [-0.1, -0.05) is 12.5 Å². The van der Waals surface area contributed by atoms with Gasteiger partial charge in [-0.25, -0.2) is 0 Å². The van der Waals surface area contributed by atoms with Crippen molar-refractivity contribution in [3.63, 3.8) is 0 Å². The maximum absolute atomic E-state index is 9.95. The standard InChI is InChI=1S/C14H20O4/c1-16-12-8-5-9-13(17-2)14(12)18-11-7-4-3-6-10(11)15/h5,8-11,15H,3-4,6-7H2,1-2H3.